The zero-order valence-electron chi connectivity index (χ0n) is 29.8. The molecule has 14 nitrogen and oxygen atoms in total. The average Bonchev–Trinajstić information content (AvgIpc) is 3.14. The zero-order valence-corrected chi connectivity index (χ0v) is 32.8. The fourth-order valence-corrected chi connectivity index (χ4v) is 8.55. The van der Waals surface area contributed by atoms with E-state index in [1.807, 2.05) is 0 Å². The molecular weight excluding hydrogens is 814 g/mol. The van der Waals surface area contributed by atoms with Gasteiger partial charge in [-0.3, -0.25) is 38.6 Å². The average molecular weight is 842 g/mol. The molecule has 288 valence electrons. The second-order valence-corrected chi connectivity index (χ2v) is 14.7. The Morgan fingerprint density at radius 1 is 0.518 bits per heavy atom. The third-order valence-corrected chi connectivity index (χ3v) is 10.9. The van der Waals surface area contributed by atoms with Gasteiger partial charge in [-0.15, -0.1) is 0 Å². The van der Waals surface area contributed by atoms with Crippen LogP contribution in [0.1, 0.15) is 69.1 Å². The lowest BCUT2D eigenvalue weighted by atomic mass is 9.82. The van der Waals surface area contributed by atoms with E-state index in [2.05, 4.69) is 10.6 Å². The number of halogens is 4. The van der Waals surface area contributed by atoms with E-state index in [1.165, 1.54) is 38.1 Å². The first-order valence-corrected chi connectivity index (χ1v) is 18.7. The maximum atomic E-state index is 14.0. The summed E-state index contributed by atoms with van der Waals surface area (Å²) in [5.41, 5.74) is -0.147. The normalized spacial score (nSPS) is 14.9. The first-order chi connectivity index (χ1) is 26.5. The van der Waals surface area contributed by atoms with Crippen molar-refractivity contribution in [2.45, 2.75) is 39.8 Å². The molecule has 7 rings (SSSR count). The first-order valence-electron chi connectivity index (χ1n) is 17.1. The van der Waals surface area contributed by atoms with Gasteiger partial charge in [0, 0.05) is 63.2 Å². The molecule has 5 aromatic rings. The molecule has 56 heavy (non-hydrogen) atoms. The quantitative estimate of drug-likeness (QED) is 0.0768. The van der Waals surface area contributed by atoms with Gasteiger partial charge in [0.1, 0.15) is 25.2 Å². The molecule has 0 aliphatic carbocycles. The van der Waals surface area contributed by atoms with Crippen molar-refractivity contribution in [2.75, 3.05) is 26.3 Å². The second kappa shape index (κ2) is 14.3. The molecule has 0 radical (unpaired) electrons. The van der Waals surface area contributed by atoms with E-state index in [4.69, 9.17) is 55.9 Å². The molecule has 2 aliphatic rings. The minimum Gasteiger partial charge on any atom is -0.464 e. The lowest BCUT2D eigenvalue weighted by molar-refractivity contribution is -0.147. The van der Waals surface area contributed by atoms with Crippen LogP contribution in [-0.2, 0) is 28.7 Å². The summed E-state index contributed by atoms with van der Waals surface area (Å²) in [6.45, 7) is 4.69. The summed E-state index contributed by atoms with van der Waals surface area (Å²) < 4.78 is 9.83. The van der Waals surface area contributed by atoms with Crippen LogP contribution in [-0.4, -0.2) is 95.6 Å². The lowest BCUT2D eigenvalue weighted by Gasteiger charge is -2.31. The molecule has 0 bridgehead atoms. The van der Waals surface area contributed by atoms with Gasteiger partial charge in [0.25, 0.3) is 23.6 Å². The first kappa shape index (κ1) is 39.0. The standard InChI is InChI=1S/C38H28Cl4N4O10/c1-5-55-37(53)13(3)43-23(47)11-45-33(49)15-7-19(39)27-29-21(41)9-17-26-18(36(52)46(35(17)51)12-24(48)44-14(4)38(54)56-6-2)10-22(42)30(32(26)29)28-20(40)8-16(34(45)50)25(15)31(27)28/h7-10,13-14H,5-6,11-12H2,1-4H3,(H,43,47)(H,44,48)/t13-,14-/m0/s1. The number of benzene rings is 5. The van der Waals surface area contributed by atoms with Crippen LogP contribution in [0.4, 0.5) is 0 Å². The third kappa shape index (κ3) is 5.94. The van der Waals surface area contributed by atoms with Crippen LogP contribution < -0.4 is 10.6 Å². The smallest absolute Gasteiger partial charge is 0.328 e. The fourth-order valence-electron chi connectivity index (χ4n) is 7.36. The van der Waals surface area contributed by atoms with Gasteiger partial charge in [0.2, 0.25) is 11.8 Å². The van der Waals surface area contributed by atoms with Crippen molar-refractivity contribution in [3.8, 4) is 0 Å². The molecule has 2 N–H and O–H groups in total. The van der Waals surface area contributed by atoms with Crippen molar-refractivity contribution < 1.29 is 47.8 Å². The molecule has 5 aromatic carbocycles. The van der Waals surface area contributed by atoms with E-state index in [0.717, 1.165) is 0 Å². The topological polar surface area (TPSA) is 186 Å². The SMILES string of the molecule is CCOC(=O)[C@H](C)NC(=O)CN1C(=O)c2cc(Cl)c3c4c(Cl)cc5c6c(cc(Cl)c(c7c(Cl)cc(c2c37)C1=O)c64)C(=O)N(CC(=O)N[C@@H](C)C(=O)OCC)C5=O. The highest BCUT2D eigenvalue weighted by Crippen LogP contribution is 2.53. The Bertz CT molecular complexity index is 2370. The number of hydrogen-bond acceptors (Lipinski definition) is 10. The van der Waals surface area contributed by atoms with Crippen LogP contribution in [0, 0.1) is 0 Å². The van der Waals surface area contributed by atoms with E-state index >= 15 is 0 Å². The van der Waals surface area contributed by atoms with Crippen molar-refractivity contribution in [2.24, 2.45) is 0 Å². The molecule has 0 saturated carbocycles. The van der Waals surface area contributed by atoms with Crippen molar-refractivity contribution >= 4 is 137 Å². The number of rotatable bonds is 10. The summed E-state index contributed by atoms with van der Waals surface area (Å²) in [6.07, 6.45) is 0. The number of esters is 2. The lowest BCUT2D eigenvalue weighted by Crippen LogP contribution is -2.49. The molecule has 6 amide bonds. The van der Waals surface area contributed by atoms with E-state index in [1.54, 1.807) is 13.8 Å². The van der Waals surface area contributed by atoms with Gasteiger partial charge >= 0.3 is 11.9 Å². The summed E-state index contributed by atoms with van der Waals surface area (Å²) >= 11 is 27.9. The van der Waals surface area contributed by atoms with Crippen LogP contribution in [0.3, 0.4) is 0 Å². The van der Waals surface area contributed by atoms with Gasteiger partial charge < -0.3 is 20.1 Å². The molecule has 0 fully saturated rings. The van der Waals surface area contributed by atoms with Gasteiger partial charge in [-0.05, 0) is 52.0 Å². The van der Waals surface area contributed by atoms with Crippen molar-refractivity contribution in [1.29, 1.82) is 0 Å². The van der Waals surface area contributed by atoms with E-state index in [-0.39, 0.29) is 98.6 Å². The van der Waals surface area contributed by atoms with Crippen molar-refractivity contribution in [1.82, 2.24) is 20.4 Å². The Morgan fingerprint density at radius 3 is 1.04 bits per heavy atom. The van der Waals surface area contributed by atoms with E-state index < -0.39 is 72.6 Å². The number of carbonyl (C=O) groups excluding carboxylic acids is 8. The Labute approximate surface area is 336 Å². The molecule has 0 unspecified atom stereocenters. The summed E-state index contributed by atoms with van der Waals surface area (Å²) in [5.74, 6) is -6.42. The molecule has 0 aromatic heterocycles. The molecule has 2 heterocycles. The Kier molecular flexibility index (Phi) is 9.98. The summed E-state index contributed by atoms with van der Waals surface area (Å²) in [7, 11) is 0. The van der Waals surface area contributed by atoms with Crippen LogP contribution in [0.2, 0.25) is 20.1 Å². The molecule has 0 spiro atoms. The summed E-state index contributed by atoms with van der Waals surface area (Å²) in [5, 5.41) is 6.55. The van der Waals surface area contributed by atoms with Gasteiger partial charge in [0.15, 0.2) is 0 Å². The van der Waals surface area contributed by atoms with Crippen LogP contribution in [0.5, 0.6) is 0 Å². The molecule has 0 saturated heterocycles. The zero-order chi connectivity index (χ0) is 40.7. The minimum atomic E-state index is -1.06. The van der Waals surface area contributed by atoms with Crippen LogP contribution >= 0.6 is 46.4 Å². The number of nitrogens with one attached hydrogen (secondary N) is 2. The monoisotopic (exact) mass is 840 g/mol. The van der Waals surface area contributed by atoms with Crippen LogP contribution in [0.25, 0.3) is 43.1 Å². The fraction of sp³-hybridized carbons (Fsp3) is 0.263. The predicted octanol–water partition coefficient (Wildman–Crippen LogP) is 5.68. The highest BCUT2D eigenvalue weighted by Gasteiger charge is 2.41. The maximum Gasteiger partial charge on any atom is 0.328 e. The maximum absolute atomic E-state index is 14.0. The predicted molar refractivity (Wildman–Crippen MR) is 207 cm³/mol. The molecule has 18 heteroatoms. The summed E-state index contributed by atoms with van der Waals surface area (Å²) in [6, 6.07) is 3.19. The summed E-state index contributed by atoms with van der Waals surface area (Å²) in [4.78, 5) is 107. The Balaban J connectivity index is 1.38. The molecule has 2 aliphatic heterocycles. The van der Waals surface area contributed by atoms with E-state index in [9.17, 15) is 38.4 Å². The highest BCUT2D eigenvalue weighted by atomic mass is 35.5. The van der Waals surface area contributed by atoms with Gasteiger partial charge in [0.05, 0.1) is 35.5 Å². The Morgan fingerprint density at radius 2 is 0.786 bits per heavy atom. The van der Waals surface area contributed by atoms with Gasteiger partial charge in [-0.1, -0.05) is 46.4 Å². The van der Waals surface area contributed by atoms with Crippen molar-refractivity contribution in [3.05, 3.63) is 66.6 Å². The molecular formula is C38H28Cl4N4O10. The number of imide groups is 2. The van der Waals surface area contributed by atoms with E-state index in [0.29, 0.717) is 9.80 Å². The minimum absolute atomic E-state index is 0.0168. The number of fused-ring (bicyclic) bond motifs is 2. The van der Waals surface area contributed by atoms with Crippen LogP contribution in [0.15, 0.2) is 24.3 Å². The number of nitrogens with zero attached hydrogens (tertiary/aromatic N) is 2. The Hall–Kier alpha value is -5.28. The van der Waals surface area contributed by atoms with Gasteiger partial charge in [-0.2, -0.15) is 0 Å². The number of amides is 6. The molecule has 2 atom stereocenters. The second-order valence-electron chi connectivity index (χ2n) is 13.1. The van der Waals surface area contributed by atoms with Gasteiger partial charge in [-0.25, -0.2) is 9.59 Å². The largest absolute Gasteiger partial charge is 0.464 e. The highest BCUT2D eigenvalue weighted by molar-refractivity contribution is 6.56. The number of ether oxygens (including phenoxy) is 2. The third-order valence-electron chi connectivity index (χ3n) is 9.66. The van der Waals surface area contributed by atoms with Crippen molar-refractivity contribution in [3.63, 3.8) is 0 Å². The number of carbonyl (C=O) groups is 8. The number of hydrogen-bond donors (Lipinski definition) is 2.